The molecular weight excluding hydrogens is 462 g/mol. The highest BCUT2D eigenvalue weighted by Gasteiger charge is 2.30. The smallest absolute Gasteiger partial charge is 0.422 e. The zero-order valence-corrected chi connectivity index (χ0v) is 16.3. The van der Waals surface area contributed by atoms with E-state index in [0.717, 1.165) is 24.4 Å². The minimum atomic E-state index is -4.72. The Morgan fingerprint density at radius 3 is 2.30 bits per heavy atom. The molecule has 0 radical (unpaired) electrons. The van der Waals surface area contributed by atoms with Crippen molar-refractivity contribution >= 4 is 22.9 Å². The second-order valence-electron chi connectivity index (χ2n) is 6.48. The van der Waals surface area contributed by atoms with Crippen molar-refractivity contribution in [1.82, 2.24) is 5.43 Å². The van der Waals surface area contributed by atoms with Crippen molar-refractivity contribution < 1.29 is 50.1 Å². The number of fused-ring (bicyclic) bond motifs is 1. The molecule has 0 saturated carbocycles. The van der Waals surface area contributed by atoms with Gasteiger partial charge in [0, 0.05) is 5.39 Å². The molecule has 0 bridgehead atoms. The van der Waals surface area contributed by atoms with Crippen molar-refractivity contribution in [3.05, 3.63) is 53.8 Å². The molecule has 1 aromatic heterocycles. The first kappa shape index (κ1) is 23.8. The van der Waals surface area contributed by atoms with Gasteiger partial charge in [0.2, 0.25) is 0 Å². The third kappa shape index (κ3) is 6.54. The van der Waals surface area contributed by atoms with E-state index in [9.17, 15) is 36.2 Å². The molecule has 7 nitrogen and oxygen atoms in total. The monoisotopic (exact) mass is 476 g/mol. The molecule has 3 aromatic rings. The summed E-state index contributed by atoms with van der Waals surface area (Å²) in [7, 11) is 0. The second kappa shape index (κ2) is 9.30. The summed E-state index contributed by atoms with van der Waals surface area (Å²) in [6.07, 6.45) is -8.37. The molecule has 1 heterocycles. The number of carbonyl (C=O) groups is 1. The van der Waals surface area contributed by atoms with Gasteiger partial charge in [-0.3, -0.25) is 4.79 Å². The highest BCUT2D eigenvalue weighted by Crippen LogP contribution is 2.30. The number of rotatable bonds is 7. The Morgan fingerprint density at radius 1 is 1.00 bits per heavy atom. The first-order chi connectivity index (χ1) is 15.4. The van der Waals surface area contributed by atoms with Crippen LogP contribution >= 0.6 is 0 Å². The number of aromatic hydroxyl groups is 1. The third-order valence-corrected chi connectivity index (χ3v) is 3.97. The van der Waals surface area contributed by atoms with Crippen LogP contribution in [0.5, 0.6) is 17.4 Å². The van der Waals surface area contributed by atoms with Crippen LogP contribution in [0.4, 0.5) is 26.3 Å². The number of nitrogens with one attached hydrogen (secondary N) is 1. The summed E-state index contributed by atoms with van der Waals surface area (Å²) in [5.41, 5.74) is 1.46. The Labute approximate surface area is 181 Å². The van der Waals surface area contributed by atoms with Crippen LogP contribution < -0.4 is 14.9 Å². The highest BCUT2D eigenvalue weighted by atomic mass is 19.4. The molecule has 0 spiro atoms. The van der Waals surface area contributed by atoms with E-state index in [4.69, 9.17) is 4.42 Å². The van der Waals surface area contributed by atoms with Gasteiger partial charge < -0.3 is 19.0 Å². The number of nitrogens with zero attached hydrogens (tertiary/aromatic N) is 1. The van der Waals surface area contributed by atoms with E-state index in [-0.39, 0.29) is 5.76 Å². The number of amides is 1. The minimum absolute atomic E-state index is 0.0687. The summed E-state index contributed by atoms with van der Waals surface area (Å²) in [5.74, 6) is -2.40. The lowest BCUT2D eigenvalue weighted by Crippen LogP contribution is -2.23. The van der Waals surface area contributed by atoms with Gasteiger partial charge in [0.05, 0.1) is 17.2 Å². The predicted molar refractivity (Wildman–Crippen MR) is 102 cm³/mol. The summed E-state index contributed by atoms with van der Waals surface area (Å²) in [6, 6.07) is 9.06. The maximum Gasteiger partial charge on any atom is 0.422 e. The van der Waals surface area contributed by atoms with Crippen molar-refractivity contribution in [2.45, 2.75) is 12.4 Å². The number of hydrazone groups is 1. The molecule has 176 valence electrons. The van der Waals surface area contributed by atoms with Crippen LogP contribution in [0.25, 0.3) is 10.8 Å². The van der Waals surface area contributed by atoms with E-state index >= 15 is 0 Å². The van der Waals surface area contributed by atoms with Crippen LogP contribution in [-0.4, -0.2) is 42.8 Å². The Kier molecular flexibility index (Phi) is 6.70. The molecule has 0 unspecified atom stereocenters. The Hall–Kier alpha value is -3.90. The largest absolute Gasteiger partial charge is 0.484 e. The Morgan fingerprint density at radius 2 is 1.64 bits per heavy atom. The quantitative estimate of drug-likeness (QED) is 0.291. The van der Waals surface area contributed by atoms with Gasteiger partial charge >= 0.3 is 12.4 Å². The first-order valence-corrected chi connectivity index (χ1v) is 9.00. The number of ether oxygens (including phenoxy) is 2. The third-order valence-electron chi connectivity index (χ3n) is 3.97. The summed E-state index contributed by atoms with van der Waals surface area (Å²) in [6.45, 7) is -3.42. The molecule has 0 aliphatic rings. The van der Waals surface area contributed by atoms with Gasteiger partial charge in [-0.05, 0) is 24.3 Å². The van der Waals surface area contributed by atoms with Crippen LogP contribution in [0.1, 0.15) is 16.1 Å². The maximum atomic E-state index is 12.5. The van der Waals surface area contributed by atoms with Crippen LogP contribution in [0.3, 0.4) is 0 Å². The number of carbonyl (C=O) groups excluding carboxylic acids is 1. The number of benzene rings is 2. The number of furan rings is 1. The molecule has 33 heavy (non-hydrogen) atoms. The topological polar surface area (TPSA) is 93.3 Å². The number of halogens is 6. The van der Waals surface area contributed by atoms with Crippen molar-refractivity contribution in [1.29, 1.82) is 0 Å². The van der Waals surface area contributed by atoms with Crippen molar-refractivity contribution in [2.24, 2.45) is 5.10 Å². The van der Waals surface area contributed by atoms with Crippen LogP contribution in [0.2, 0.25) is 0 Å². The van der Waals surface area contributed by atoms with Crippen molar-refractivity contribution in [3.8, 4) is 17.4 Å². The van der Waals surface area contributed by atoms with Crippen molar-refractivity contribution in [2.75, 3.05) is 13.2 Å². The standard InChI is InChI=1S/C20H14F6N2O5/c21-19(22,23)9-31-11-5-6-15(32-10-20(24,25)26)14(7-11)17(29)28-27-8-16-12-3-1-2-4-13(12)18(30)33-16/h1-8,30H,9-10H2,(H,28,29)/b27-8+. The summed E-state index contributed by atoms with van der Waals surface area (Å²) >= 11 is 0. The molecule has 2 N–H and O–H groups in total. The lowest BCUT2D eigenvalue weighted by Gasteiger charge is -2.14. The normalized spacial score (nSPS) is 12.3. The lowest BCUT2D eigenvalue weighted by atomic mass is 10.2. The van der Waals surface area contributed by atoms with Crippen LogP contribution in [0, 0.1) is 0 Å². The molecule has 0 aliphatic heterocycles. The predicted octanol–water partition coefficient (Wildman–Crippen LogP) is 4.78. The molecule has 0 atom stereocenters. The summed E-state index contributed by atoms with van der Waals surface area (Å²) in [5, 5.41) is 14.2. The zero-order valence-electron chi connectivity index (χ0n) is 16.3. The maximum absolute atomic E-state index is 12.5. The van der Waals surface area contributed by atoms with E-state index in [1.165, 1.54) is 0 Å². The first-order valence-electron chi connectivity index (χ1n) is 9.00. The summed E-state index contributed by atoms with van der Waals surface area (Å²) in [4.78, 5) is 12.5. The fraction of sp³-hybridized carbons (Fsp3) is 0.200. The molecule has 2 aromatic carbocycles. The zero-order chi connectivity index (χ0) is 24.2. The number of alkyl halides is 6. The molecule has 13 heteroatoms. The summed E-state index contributed by atoms with van der Waals surface area (Å²) < 4.78 is 88.8. The van der Waals surface area contributed by atoms with Gasteiger partial charge in [-0.1, -0.05) is 18.2 Å². The molecule has 0 aliphatic carbocycles. The van der Waals surface area contributed by atoms with E-state index in [0.29, 0.717) is 10.8 Å². The second-order valence-corrected chi connectivity index (χ2v) is 6.48. The number of hydrogen-bond donors (Lipinski definition) is 2. The van der Waals surface area contributed by atoms with Crippen molar-refractivity contribution in [3.63, 3.8) is 0 Å². The highest BCUT2D eigenvalue weighted by molar-refractivity contribution is 6.01. The average Bonchev–Trinajstić information content (AvgIpc) is 3.06. The van der Waals surface area contributed by atoms with E-state index in [2.05, 4.69) is 14.6 Å². The van der Waals surface area contributed by atoms with E-state index in [1.807, 2.05) is 5.43 Å². The molecule has 0 saturated heterocycles. The molecular formula is C20H14F6N2O5. The van der Waals surface area contributed by atoms with Gasteiger partial charge in [-0.2, -0.15) is 31.4 Å². The Bertz CT molecular complexity index is 1170. The fourth-order valence-electron chi connectivity index (χ4n) is 2.63. The van der Waals surface area contributed by atoms with Gasteiger partial charge in [0.25, 0.3) is 11.9 Å². The van der Waals surface area contributed by atoms with Gasteiger partial charge in [0.15, 0.2) is 19.0 Å². The minimum Gasteiger partial charge on any atom is -0.484 e. The number of hydrogen-bond acceptors (Lipinski definition) is 6. The molecule has 1 amide bonds. The molecule has 3 rings (SSSR count). The molecule has 0 fully saturated rings. The Balaban J connectivity index is 1.81. The van der Waals surface area contributed by atoms with Gasteiger partial charge in [-0.15, -0.1) is 0 Å². The van der Waals surface area contributed by atoms with Crippen LogP contribution in [0.15, 0.2) is 52.0 Å². The lowest BCUT2D eigenvalue weighted by molar-refractivity contribution is -0.154. The van der Waals surface area contributed by atoms with Gasteiger partial charge in [0.1, 0.15) is 11.5 Å². The average molecular weight is 476 g/mol. The van der Waals surface area contributed by atoms with E-state index in [1.54, 1.807) is 24.3 Å². The van der Waals surface area contributed by atoms with E-state index < -0.39 is 54.5 Å². The fourth-order valence-corrected chi connectivity index (χ4v) is 2.63. The SMILES string of the molecule is O=C(N/N=C/c1oc(O)c2ccccc12)c1cc(OCC(F)(F)F)ccc1OCC(F)(F)F. The van der Waals surface area contributed by atoms with Gasteiger partial charge in [-0.25, -0.2) is 5.43 Å². The van der Waals surface area contributed by atoms with Crippen LogP contribution in [-0.2, 0) is 0 Å².